The molecule has 0 fully saturated rings. The molecule has 0 unspecified atom stereocenters. The van der Waals surface area contributed by atoms with Gasteiger partial charge in [0, 0.05) is 5.56 Å². The molecule has 1 heterocycles. The number of alkyl halides is 4. The first-order valence-electron chi connectivity index (χ1n) is 4.85. The Bertz CT molecular complexity index is 522. The molecule has 96 valence electrons. The van der Waals surface area contributed by atoms with Crippen LogP contribution in [0.3, 0.4) is 0 Å². The summed E-state index contributed by atoms with van der Waals surface area (Å²) in [7, 11) is 0. The Balaban J connectivity index is 2.17. The topological polar surface area (TPSA) is 35.3 Å². The lowest BCUT2D eigenvalue weighted by atomic mass is 10.2. The van der Waals surface area contributed by atoms with Crippen LogP contribution in [0.1, 0.15) is 5.89 Å². The van der Waals surface area contributed by atoms with Gasteiger partial charge < -0.3 is 9.15 Å². The largest absolute Gasteiger partial charge is 0.573 e. The van der Waals surface area contributed by atoms with Crippen LogP contribution < -0.4 is 4.74 Å². The molecule has 1 aromatic carbocycles. The molecular weight excluding hydrogens is 271 g/mol. The zero-order valence-electron chi connectivity index (χ0n) is 8.87. The van der Waals surface area contributed by atoms with Crippen LogP contribution >= 0.6 is 11.6 Å². The van der Waals surface area contributed by atoms with Gasteiger partial charge in [0.15, 0.2) is 5.76 Å². The van der Waals surface area contributed by atoms with Crippen molar-refractivity contribution in [3.63, 3.8) is 0 Å². The highest BCUT2D eigenvalue weighted by molar-refractivity contribution is 6.16. The molecule has 0 bridgehead atoms. The Morgan fingerprint density at radius 3 is 2.39 bits per heavy atom. The summed E-state index contributed by atoms with van der Waals surface area (Å²) in [5.74, 6) is 0.629. The minimum atomic E-state index is -4.69. The summed E-state index contributed by atoms with van der Waals surface area (Å²) in [4.78, 5) is 3.88. The standard InChI is InChI=1S/C11H7ClF3NO2/c12-5-10-16-6-9(17-10)7-1-3-8(4-2-7)18-11(13,14)15/h1-4,6H,5H2. The predicted octanol–water partition coefficient (Wildman–Crippen LogP) is 3.98. The molecule has 0 atom stereocenters. The molecule has 0 N–H and O–H groups in total. The fraction of sp³-hybridized carbons (Fsp3) is 0.182. The molecule has 2 aromatic rings. The number of hydrogen-bond donors (Lipinski definition) is 0. The minimum Gasteiger partial charge on any atom is -0.439 e. The van der Waals surface area contributed by atoms with E-state index in [0.717, 1.165) is 0 Å². The van der Waals surface area contributed by atoms with Gasteiger partial charge in [0.2, 0.25) is 5.89 Å². The van der Waals surface area contributed by atoms with Crippen molar-refractivity contribution in [2.75, 3.05) is 0 Å². The summed E-state index contributed by atoms with van der Waals surface area (Å²) < 4.78 is 44.9. The first kappa shape index (κ1) is 12.8. The predicted molar refractivity (Wildman–Crippen MR) is 58.2 cm³/mol. The molecule has 3 nitrogen and oxygen atoms in total. The molecule has 0 aliphatic rings. The van der Waals surface area contributed by atoms with Crippen molar-refractivity contribution in [1.82, 2.24) is 4.98 Å². The van der Waals surface area contributed by atoms with E-state index in [1.807, 2.05) is 0 Å². The summed E-state index contributed by atoms with van der Waals surface area (Å²) in [6.07, 6.45) is -3.24. The van der Waals surface area contributed by atoms with Crippen molar-refractivity contribution in [2.45, 2.75) is 12.2 Å². The van der Waals surface area contributed by atoms with E-state index in [1.165, 1.54) is 30.5 Å². The van der Waals surface area contributed by atoms with Gasteiger partial charge in [0.25, 0.3) is 0 Å². The van der Waals surface area contributed by atoms with Gasteiger partial charge in [-0.05, 0) is 24.3 Å². The van der Waals surface area contributed by atoms with E-state index in [9.17, 15) is 13.2 Å². The van der Waals surface area contributed by atoms with Crippen LogP contribution in [0, 0.1) is 0 Å². The number of rotatable bonds is 3. The quantitative estimate of drug-likeness (QED) is 0.796. The monoisotopic (exact) mass is 277 g/mol. The highest BCUT2D eigenvalue weighted by atomic mass is 35.5. The number of hydrogen-bond acceptors (Lipinski definition) is 3. The van der Waals surface area contributed by atoms with E-state index >= 15 is 0 Å². The Morgan fingerprint density at radius 2 is 1.89 bits per heavy atom. The summed E-state index contributed by atoms with van der Waals surface area (Å²) >= 11 is 5.52. The molecule has 1 aromatic heterocycles. The number of ether oxygens (including phenoxy) is 1. The van der Waals surface area contributed by atoms with Crippen molar-refractivity contribution >= 4 is 11.6 Å². The summed E-state index contributed by atoms with van der Waals surface area (Å²) in [6.45, 7) is 0. The van der Waals surface area contributed by atoms with Crippen LogP contribution in [0.4, 0.5) is 13.2 Å². The number of halogens is 4. The Morgan fingerprint density at radius 1 is 1.22 bits per heavy atom. The van der Waals surface area contributed by atoms with Gasteiger partial charge in [0.1, 0.15) is 5.75 Å². The highest BCUT2D eigenvalue weighted by Gasteiger charge is 2.30. The van der Waals surface area contributed by atoms with E-state index in [4.69, 9.17) is 16.0 Å². The maximum atomic E-state index is 11.9. The Hall–Kier alpha value is -1.69. The lowest BCUT2D eigenvalue weighted by molar-refractivity contribution is -0.274. The molecule has 0 aliphatic heterocycles. The summed E-state index contributed by atoms with van der Waals surface area (Å²) in [6, 6.07) is 5.29. The molecular formula is C11H7ClF3NO2. The molecule has 7 heteroatoms. The van der Waals surface area contributed by atoms with Crippen molar-refractivity contribution < 1.29 is 22.3 Å². The second kappa shape index (κ2) is 4.89. The van der Waals surface area contributed by atoms with Crippen molar-refractivity contribution in [2.24, 2.45) is 0 Å². The van der Waals surface area contributed by atoms with E-state index in [-0.39, 0.29) is 11.6 Å². The van der Waals surface area contributed by atoms with E-state index in [1.54, 1.807) is 0 Å². The molecule has 0 spiro atoms. The van der Waals surface area contributed by atoms with Crippen molar-refractivity contribution in [1.29, 1.82) is 0 Å². The molecule has 0 saturated carbocycles. The van der Waals surface area contributed by atoms with E-state index in [0.29, 0.717) is 17.2 Å². The lowest BCUT2D eigenvalue weighted by Gasteiger charge is -2.08. The Kier molecular flexibility index (Phi) is 3.47. The number of benzene rings is 1. The zero-order chi connectivity index (χ0) is 13.2. The average Bonchev–Trinajstić information content (AvgIpc) is 2.76. The van der Waals surface area contributed by atoms with Crippen LogP contribution in [0.2, 0.25) is 0 Å². The lowest BCUT2D eigenvalue weighted by Crippen LogP contribution is -2.16. The Labute approximate surface area is 105 Å². The van der Waals surface area contributed by atoms with Crippen LogP contribution in [-0.4, -0.2) is 11.3 Å². The second-order valence-corrected chi connectivity index (χ2v) is 3.59. The van der Waals surface area contributed by atoms with E-state index in [2.05, 4.69) is 9.72 Å². The van der Waals surface area contributed by atoms with Crippen LogP contribution in [0.15, 0.2) is 34.9 Å². The normalized spacial score (nSPS) is 11.6. The molecule has 2 rings (SSSR count). The minimum absolute atomic E-state index is 0.134. The van der Waals surface area contributed by atoms with Gasteiger partial charge >= 0.3 is 6.36 Å². The number of nitrogens with zero attached hydrogens (tertiary/aromatic N) is 1. The third-order valence-electron chi connectivity index (χ3n) is 2.04. The molecule has 18 heavy (non-hydrogen) atoms. The fourth-order valence-electron chi connectivity index (χ4n) is 1.33. The van der Waals surface area contributed by atoms with E-state index < -0.39 is 6.36 Å². The molecule has 0 aliphatic carbocycles. The second-order valence-electron chi connectivity index (χ2n) is 3.32. The third-order valence-corrected chi connectivity index (χ3v) is 2.27. The SMILES string of the molecule is FC(F)(F)Oc1ccc(-c2cnc(CCl)o2)cc1. The van der Waals surface area contributed by atoms with Crippen LogP contribution in [0.5, 0.6) is 5.75 Å². The average molecular weight is 278 g/mol. The van der Waals surface area contributed by atoms with Gasteiger partial charge in [-0.15, -0.1) is 24.8 Å². The molecule has 0 radical (unpaired) electrons. The van der Waals surface area contributed by atoms with Gasteiger partial charge in [-0.2, -0.15) is 0 Å². The fourth-order valence-corrected chi connectivity index (χ4v) is 1.45. The third kappa shape index (κ3) is 3.16. The molecule has 0 saturated heterocycles. The van der Waals surface area contributed by atoms with Crippen LogP contribution in [-0.2, 0) is 5.88 Å². The summed E-state index contributed by atoms with van der Waals surface area (Å²) in [5.41, 5.74) is 0.591. The maximum Gasteiger partial charge on any atom is 0.573 e. The highest BCUT2D eigenvalue weighted by Crippen LogP contribution is 2.27. The smallest absolute Gasteiger partial charge is 0.439 e. The maximum absolute atomic E-state index is 11.9. The number of aromatic nitrogens is 1. The van der Waals surface area contributed by atoms with Gasteiger partial charge in [-0.3, -0.25) is 0 Å². The van der Waals surface area contributed by atoms with Crippen LogP contribution in [0.25, 0.3) is 11.3 Å². The van der Waals surface area contributed by atoms with Gasteiger partial charge in [-0.1, -0.05) is 0 Å². The van der Waals surface area contributed by atoms with Gasteiger partial charge in [0.05, 0.1) is 12.1 Å². The number of oxazole rings is 1. The zero-order valence-corrected chi connectivity index (χ0v) is 9.63. The first-order valence-corrected chi connectivity index (χ1v) is 5.38. The van der Waals surface area contributed by atoms with Crippen molar-refractivity contribution in [3.05, 3.63) is 36.4 Å². The van der Waals surface area contributed by atoms with Gasteiger partial charge in [-0.25, -0.2) is 4.98 Å². The summed E-state index contributed by atoms with van der Waals surface area (Å²) in [5, 5.41) is 0. The molecule has 0 amide bonds. The first-order chi connectivity index (χ1) is 8.48. The van der Waals surface area contributed by atoms with Crippen molar-refractivity contribution in [3.8, 4) is 17.1 Å².